The van der Waals surface area contributed by atoms with Gasteiger partial charge in [0, 0.05) is 13.1 Å². The summed E-state index contributed by atoms with van der Waals surface area (Å²) in [5, 5.41) is 54.6. The molecular formula is C29H47N11O13. The largest absolute Gasteiger partial charge is 0.481 e. The van der Waals surface area contributed by atoms with Crippen LogP contribution in [0.4, 0.5) is 0 Å². The normalized spacial score (nSPS) is 27.4. The number of rotatable bonds is 9. The Balaban J connectivity index is 2.45. The Labute approximate surface area is 302 Å². The lowest BCUT2D eigenvalue weighted by atomic mass is 10.1. The molecule has 0 spiro atoms. The number of nitrogens with zero attached hydrogens (tertiary/aromatic N) is 2. The highest BCUT2D eigenvalue weighted by molar-refractivity contribution is 5.99. The highest BCUT2D eigenvalue weighted by atomic mass is 16.4. The van der Waals surface area contributed by atoms with Crippen LogP contribution < -0.4 is 48.7 Å². The fourth-order valence-corrected chi connectivity index (χ4v) is 5.26. The van der Waals surface area contributed by atoms with E-state index in [1.54, 1.807) is 0 Å². The minimum atomic E-state index is -1.81. The summed E-state index contributed by atoms with van der Waals surface area (Å²) in [5.41, 5.74) is 10.6. The molecule has 2 saturated heterocycles. The van der Waals surface area contributed by atoms with E-state index in [-0.39, 0.29) is 38.3 Å². The van der Waals surface area contributed by atoms with Crippen molar-refractivity contribution < 1.29 is 63.6 Å². The van der Waals surface area contributed by atoms with Crippen LogP contribution in [-0.2, 0) is 43.2 Å². The molecule has 0 bridgehead atoms. The maximum absolute atomic E-state index is 13.4. The van der Waals surface area contributed by atoms with Crippen LogP contribution in [0.2, 0.25) is 0 Å². The first-order valence-electron chi connectivity index (χ1n) is 16.5. The molecule has 2 aliphatic heterocycles. The number of hydrogen-bond acceptors (Lipinski definition) is 13. The molecule has 15 N–H and O–H groups in total. The summed E-state index contributed by atoms with van der Waals surface area (Å²) in [7, 11) is 0. The maximum atomic E-state index is 13.4. The highest BCUT2D eigenvalue weighted by Gasteiger charge is 2.39. The number of aliphatic carboxylic acids is 1. The van der Waals surface area contributed by atoms with Crippen LogP contribution in [0.25, 0.3) is 0 Å². The molecule has 0 aromatic rings. The molecule has 2 aliphatic rings. The van der Waals surface area contributed by atoms with Crippen molar-refractivity contribution >= 4 is 59.2 Å². The van der Waals surface area contributed by atoms with Gasteiger partial charge in [-0.05, 0) is 32.6 Å². The maximum Gasteiger partial charge on any atom is 0.305 e. The van der Waals surface area contributed by atoms with Gasteiger partial charge in [0.1, 0.15) is 42.3 Å². The van der Waals surface area contributed by atoms with Crippen molar-refractivity contribution in [3.05, 3.63) is 0 Å². The van der Waals surface area contributed by atoms with Crippen molar-refractivity contribution in [1.82, 2.24) is 42.1 Å². The minimum Gasteiger partial charge on any atom is -0.481 e. The molecule has 0 radical (unpaired) electrons. The lowest BCUT2D eigenvalue weighted by Gasteiger charge is -2.29. The molecule has 296 valence electrons. The summed E-state index contributed by atoms with van der Waals surface area (Å²) in [6.07, 6.45) is -0.620. The van der Waals surface area contributed by atoms with Crippen molar-refractivity contribution in [2.24, 2.45) is 16.5 Å². The third kappa shape index (κ3) is 13.5. The Bertz CT molecular complexity index is 1420. The summed E-state index contributed by atoms with van der Waals surface area (Å²) < 4.78 is 0. The lowest BCUT2D eigenvalue weighted by molar-refractivity contribution is -0.144. The van der Waals surface area contributed by atoms with Gasteiger partial charge in [-0.3, -0.25) is 48.1 Å². The summed E-state index contributed by atoms with van der Waals surface area (Å²) in [5.74, 6) is -9.98. The second kappa shape index (κ2) is 21.0. The molecule has 0 aromatic heterocycles. The molecule has 24 nitrogen and oxygen atoms in total. The number of carbonyl (C=O) groups excluding carboxylic acids is 8. The fraction of sp³-hybridized carbons (Fsp3) is 0.655. The Morgan fingerprint density at radius 3 is 1.85 bits per heavy atom. The summed E-state index contributed by atoms with van der Waals surface area (Å²) in [6.45, 7) is -2.60. The zero-order valence-corrected chi connectivity index (χ0v) is 28.8. The van der Waals surface area contributed by atoms with Crippen molar-refractivity contribution in [2.45, 2.75) is 81.3 Å². The fourth-order valence-electron chi connectivity index (χ4n) is 5.26. The van der Waals surface area contributed by atoms with E-state index in [0.717, 1.165) is 4.90 Å². The Hall–Kier alpha value is -5.62. The predicted octanol–water partition coefficient (Wildman–Crippen LogP) is -8.46. The number of nitrogens with two attached hydrogens (primary N) is 2. The Kier molecular flexibility index (Phi) is 17.3. The zero-order chi connectivity index (χ0) is 39.8. The van der Waals surface area contributed by atoms with Gasteiger partial charge in [0.2, 0.25) is 47.3 Å². The second-order valence-corrected chi connectivity index (χ2v) is 12.1. The van der Waals surface area contributed by atoms with Crippen molar-refractivity contribution in [3.63, 3.8) is 0 Å². The molecule has 7 atom stereocenters. The summed E-state index contributed by atoms with van der Waals surface area (Å²) in [6, 6.07) is -10.9. The number of aliphatic imine (C=N–C) groups is 1. The number of carbonyl (C=O) groups is 9. The van der Waals surface area contributed by atoms with Crippen LogP contribution >= 0.6 is 0 Å². The second-order valence-electron chi connectivity index (χ2n) is 12.1. The zero-order valence-electron chi connectivity index (χ0n) is 28.8. The Morgan fingerprint density at radius 2 is 1.28 bits per heavy atom. The van der Waals surface area contributed by atoms with E-state index in [4.69, 9.17) is 11.5 Å². The van der Waals surface area contributed by atoms with Crippen LogP contribution in [-0.4, -0.2) is 166 Å². The predicted molar refractivity (Wildman–Crippen MR) is 178 cm³/mol. The van der Waals surface area contributed by atoms with Gasteiger partial charge in [-0.15, -0.1) is 0 Å². The van der Waals surface area contributed by atoms with Crippen molar-refractivity contribution in [1.29, 1.82) is 0 Å². The van der Waals surface area contributed by atoms with Gasteiger partial charge in [-0.2, -0.15) is 0 Å². The average molecular weight is 758 g/mol. The average Bonchev–Trinajstić information content (AvgIpc) is 3.60. The van der Waals surface area contributed by atoms with E-state index in [2.05, 4.69) is 42.2 Å². The Morgan fingerprint density at radius 1 is 0.736 bits per heavy atom. The van der Waals surface area contributed by atoms with E-state index in [1.165, 1.54) is 6.92 Å². The smallest absolute Gasteiger partial charge is 0.305 e. The molecule has 0 aromatic carbocycles. The molecule has 0 saturated carbocycles. The van der Waals surface area contributed by atoms with Crippen molar-refractivity contribution in [2.75, 3.05) is 39.5 Å². The number of aliphatic hydroxyl groups excluding tert-OH is 3. The molecule has 8 amide bonds. The lowest BCUT2D eigenvalue weighted by Crippen LogP contribution is -2.61. The molecule has 0 aliphatic carbocycles. The number of hydrogen-bond donors (Lipinski definition) is 13. The van der Waals surface area contributed by atoms with E-state index >= 15 is 0 Å². The summed E-state index contributed by atoms with van der Waals surface area (Å²) in [4.78, 5) is 121. The molecule has 0 unspecified atom stereocenters. The van der Waals surface area contributed by atoms with Gasteiger partial charge in [0.25, 0.3) is 0 Å². The third-order valence-corrected chi connectivity index (χ3v) is 8.05. The number of nitrogens with one attached hydrogen (secondary N) is 7. The van der Waals surface area contributed by atoms with Crippen LogP contribution in [0.15, 0.2) is 4.99 Å². The van der Waals surface area contributed by atoms with Crippen LogP contribution in [0.1, 0.15) is 39.0 Å². The summed E-state index contributed by atoms with van der Waals surface area (Å²) >= 11 is 0. The SMILES string of the molecule is C[C@@H]1NC(=O)[C@@H]2CCCN2C(=O)[C@H](CO)NC(=O)[C@H](CC(=O)O)NC(=O)CNC(=O)[C@H](CCCN=C(N)N)NC(=O)[C@H](CO)NC(=O)[C@H](CO)NC1=O. The number of aliphatic hydroxyl groups is 3. The van der Waals surface area contributed by atoms with Gasteiger partial charge >= 0.3 is 5.97 Å². The van der Waals surface area contributed by atoms with E-state index in [9.17, 15) is 63.6 Å². The third-order valence-electron chi connectivity index (χ3n) is 8.05. The van der Waals surface area contributed by atoms with Gasteiger partial charge in [-0.25, -0.2) is 0 Å². The van der Waals surface area contributed by atoms with Crippen LogP contribution in [0.5, 0.6) is 0 Å². The molecular weight excluding hydrogens is 710 g/mol. The molecule has 24 heteroatoms. The monoisotopic (exact) mass is 757 g/mol. The molecule has 2 heterocycles. The number of amides is 8. The van der Waals surface area contributed by atoms with E-state index in [0.29, 0.717) is 6.42 Å². The number of guanidine groups is 1. The number of fused-ring (bicyclic) bond motifs is 1. The highest BCUT2D eigenvalue weighted by Crippen LogP contribution is 2.19. The first-order chi connectivity index (χ1) is 25.0. The molecule has 53 heavy (non-hydrogen) atoms. The molecule has 2 rings (SSSR count). The van der Waals surface area contributed by atoms with E-state index < -0.39 is 128 Å². The number of carboxylic acids is 1. The van der Waals surface area contributed by atoms with Gasteiger partial charge in [-0.1, -0.05) is 0 Å². The van der Waals surface area contributed by atoms with Crippen LogP contribution in [0.3, 0.4) is 0 Å². The standard InChI is InChI=1S/C29H47N11O13/c1-13-22(47)37-16(10-41)26(51)38-17(11-42)25(50)36-14(4-2-6-32-29(30)31)23(48)33-9-20(44)35-15(8-21(45)46)24(49)39-18(12-43)28(53)40-7-3-5-19(40)27(52)34-13/h13-19,41-43H,2-12H2,1H3,(H,33,48)(H,34,52)(H,35,44)(H,36,50)(H,37,47)(H,38,51)(H,39,49)(H,45,46)(H4,30,31,32)/t13-,14-,15-,16-,17-,18-,19-/m0/s1. The minimum absolute atomic E-state index is 0.000494. The first kappa shape index (κ1) is 43.5. The topological polar surface area (TPSA) is 386 Å². The van der Waals surface area contributed by atoms with Gasteiger partial charge in [0.05, 0.1) is 32.8 Å². The quantitative estimate of drug-likeness (QED) is 0.0590. The van der Waals surface area contributed by atoms with Crippen LogP contribution in [0, 0.1) is 0 Å². The van der Waals surface area contributed by atoms with Gasteiger partial charge in [0.15, 0.2) is 5.96 Å². The molecule has 2 fully saturated rings. The van der Waals surface area contributed by atoms with Crippen molar-refractivity contribution in [3.8, 4) is 0 Å². The number of carboxylic acid groups (broad SMARTS) is 1. The van der Waals surface area contributed by atoms with E-state index in [1.807, 2.05) is 0 Å². The van der Waals surface area contributed by atoms with Gasteiger partial charge < -0.3 is 74.0 Å². The first-order valence-corrected chi connectivity index (χ1v) is 16.5.